The van der Waals surface area contributed by atoms with Crippen molar-refractivity contribution in [3.05, 3.63) is 102 Å². The first kappa shape index (κ1) is 29.8. The third-order valence-corrected chi connectivity index (χ3v) is 9.81. The second kappa shape index (κ2) is 13.1. The second-order valence-corrected chi connectivity index (χ2v) is 12.9. The highest BCUT2D eigenvalue weighted by Crippen LogP contribution is 2.48. The van der Waals surface area contributed by atoms with E-state index in [2.05, 4.69) is 10.6 Å². The van der Waals surface area contributed by atoms with Crippen LogP contribution in [0.25, 0.3) is 0 Å². The Morgan fingerprint density at radius 2 is 1.52 bits per heavy atom. The van der Waals surface area contributed by atoms with Crippen LogP contribution in [0.1, 0.15) is 29.5 Å². The van der Waals surface area contributed by atoms with Crippen LogP contribution in [0, 0.1) is 0 Å². The summed E-state index contributed by atoms with van der Waals surface area (Å²) in [6.07, 6.45) is 1.24. The molecule has 42 heavy (non-hydrogen) atoms. The maximum atomic E-state index is 13.7. The summed E-state index contributed by atoms with van der Waals surface area (Å²) >= 11 is 0. The van der Waals surface area contributed by atoms with Crippen molar-refractivity contribution in [1.29, 1.82) is 0 Å². The van der Waals surface area contributed by atoms with Crippen LogP contribution in [0.4, 0.5) is 5.69 Å². The van der Waals surface area contributed by atoms with Crippen LogP contribution in [0.3, 0.4) is 0 Å². The fraction of sp³-hybridized carbons (Fsp3) is 0.375. The lowest BCUT2D eigenvalue weighted by molar-refractivity contribution is -0.139. The minimum atomic E-state index is -3.61. The second-order valence-electron chi connectivity index (χ2n) is 11.0. The number of anilines is 1. The Kier molecular flexibility index (Phi) is 9.25. The molecule has 0 radical (unpaired) electrons. The number of nitrogens with zero attached hydrogens (tertiary/aromatic N) is 2. The summed E-state index contributed by atoms with van der Waals surface area (Å²) in [5.74, 6) is -0.543. The first-order valence-corrected chi connectivity index (χ1v) is 15.9. The van der Waals surface area contributed by atoms with Crippen LogP contribution in [0.5, 0.6) is 0 Å². The number of sulfonamides is 1. The Morgan fingerprint density at radius 3 is 2.19 bits per heavy atom. The molecule has 2 amide bonds. The molecule has 2 aliphatic heterocycles. The monoisotopic (exact) mass is 590 g/mol. The van der Waals surface area contributed by atoms with Gasteiger partial charge in [0.15, 0.2) is 0 Å². The van der Waals surface area contributed by atoms with Crippen molar-refractivity contribution in [3.8, 4) is 0 Å². The molecule has 0 saturated carbocycles. The number of amides is 2. The summed E-state index contributed by atoms with van der Waals surface area (Å²) in [6, 6.07) is 25.8. The van der Waals surface area contributed by atoms with Gasteiger partial charge in [0.05, 0.1) is 31.2 Å². The average Bonchev–Trinajstić information content (AvgIpc) is 3.32. The molecule has 0 unspecified atom stereocenters. The highest BCUT2D eigenvalue weighted by Gasteiger charge is 2.48. The zero-order valence-corrected chi connectivity index (χ0v) is 24.7. The SMILES string of the molecule is CNCC(=O)N[C@H](COCc1ccccc1)C(=O)N1CCC2(CC1)CN(S(=O)(=O)Cc1ccccc1)c1ccccc12. The van der Waals surface area contributed by atoms with Crippen LogP contribution >= 0.6 is 0 Å². The number of para-hydroxylation sites is 1. The molecule has 1 fully saturated rings. The van der Waals surface area contributed by atoms with Gasteiger partial charge in [0.2, 0.25) is 21.8 Å². The molecule has 3 aromatic carbocycles. The lowest BCUT2D eigenvalue weighted by Crippen LogP contribution is -2.55. The molecular formula is C32H38N4O5S. The van der Waals surface area contributed by atoms with Crippen molar-refractivity contribution in [2.45, 2.75) is 36.7 Å². The molecule has 0 aliphatic carbocycles. The zero-order chi connectivity index (χ0) is 29.6. The van der Waals surface area contributed by atoms with E-state index in [4.69, 9.17) is 4.74 Å². The van der Waals surface area contributed by atoms with Gasteiger partial charge in [0.1, 0.15) is 6.04 Å². The van der Waals surface area contributed by atoms with Crippen LogP contribution in [0.15, 0.2) is 84.9 Å². The van der Waals surface area contributed by atoms with Crippen molar-refractivity contribution in [3.63, 3.8) is 0 Å². The van der Waals surface area contributed by atoms with Gasteiger partial charge in [0.25, 0.3) is 0 Å². The molecule has 1 saturated heterocycles. The molecule has 2 N–H and O–H groups in total. The number of benzene rings is 3. The molecule has 9 nitrogen and oxygen atoms in total. The maximum Gasteiger partial charge on any atom is 0.247 e. The largest absolute Gasteiger partial charge is 0.374 e. The third-order valence-electron chi connectivity index (χ3n) is 8.12. The molecule has 3 aromatic rings. The average molecular weight is 591 g/mol. The van der Waals surface area contributed by atoms with E-state index in [0.29, 0.717) is 39.1 Å². The minimum absolute atomic E-state index is 0.0547. The first-order valence-electron chi connectivity index (χ1n) is 14.3. The van der Waals surface area contributed by atoms with Gasteiger partial charge in [-0.2, -0.15) is 0 Å². The summed E-state index contributed by atoms with van der Waals surface area (Å²) in [7, 11) is -1.94. The number of likely N-dealkylation sites (N-methyl/N-ethyl adjacent to an activating group) is 1. The number of fused-ring (bicyclic) bond motifs is 2. The van der Waals surface area contributed by atoms with Gasteiger partial charge in [-0.25, -0.2) is 8.42 Å². The number of ether oxygens (including phenoxy) is 1. The number of likely N-dealkylation sites (tertiary alicyclic amines) is 1. The molecule has 1 atom stereocenters. The van der Waals surface area contributed by atoms with E-state index in [-0.39, 0.29) is 36.1 Å². The predicted octanol–water partition coefficient (Wildman–Crippen LogP) is 2.82. The Balaban J connectivity index is 1.28. The van der Waals surface area contributed by atoms with E-state index >= 15 is 0 Å². The number of carbonyl (C=O) groups excluding carboxylic acids is 2. The van der Waals surface area contributed by atoms with Crippen molar-refractivity contribution in [1.82, 2.24) is 15.5 Å². The summed E-state index contributed by atoms with van der Waals surface area (Å²) in [5.41, 5.74) is 3.08. The van der Waals surface area contributed by atoms with E-state index in [9.17, 15) is 18.0 Å². The standard InChI is InChI=1S/C32H38N4O5S/c1-33-20-30(37)34-28(22-41-21-25-10-4-2-5-11-25)31(38)35-18-16-32(17-19-35)24-36(29-15-9-8-14-27(29)32)42(39,40)23-26-12-6-3-7-13-26/h2-15,28,33H,16-24H2,1H3,(H,34,37)/t28-/m1/s1. The molecule has 5 rings (SSSR count). The molecule has 10 heteroatoms. The quantitative estimate of drug-likeness (QED) is 0.356. The zero-order valence-electron chi connectivity index (χ0n) is 23.9. The minimum Gasteiger partial charge on any atom is -0.374 e. The molecule has 0 bridgehead atoms. The number of rotatable bonds is 11. The maximum absolute atomic E-state index is 13.7. The van der Waals surface area contributed by atoms with Gasteiger partial charge in [-0.1, -0.05) is 78.9 Å². The Bertz CT molecular complexity index is 1480. The highest BCUT2D eigenvalue weighted by molar-refractivity contribution is 7.92. The van der Waals surface area contributed by atoms with Crippen LogP contribution < -0.4 is 14.9 Å². The van der Waals surface area contributed by atoms with Gasteiger partial charge < -0.3 is 20.3 Å². The molecule has 222 valence electrons. The van der Waals surface area contributed by atoms with Crippen molar-refractivity contribution < 1.29 is 22.7 Å². The summed E-state index contributed by atoms with van der Waals surface area (Å²) < 4.78 is 34.6. The lowest BCUT2D eigenvalue weighted by atomic mass is 9.74. The molecule has 0 aromatic heterocycles. The first-order chi connectivity index (χ1) is 20.3. The van der Waals surface area contributed by atoms with Crippen LogP contribution in [-0.4, -0.2) is 71.0 Å². The van der Waals surface area contributed by atoms with Gasteiger partial charge >= 0.3 is 0 Å². The number of piperidine rings is 1. The topological polar surface area (TPSA) is 108 Å². The van der Waals surface area contributed by atoms with Gasteiger partial charge in [-0.3, -0.25) is 13.9 Å². The highest BCUT2D eigenvalue weighted by atomic mass is 32.2. The molecule has 1 spiro atoms. The van der Waals surface area contributed by atoms with Crippen molar-refractivity contribution >= 4 is 27.5 Å². The Hall–Kier alpha value is -3.73. The summed E-state index contributed by atoms with van der Waals surface area (Å²) in [5, 5.41) is 5.64. The summed E-state index contributed by atoms with van der Waals surface area (Å²) in [4.78, 5) is 27.8. The number of carbonyl (C=O) groups is 2. The molecule has 2 heterocycles. The van der Waals surface area contributed by atoms with Crippen LogP contribution in [-0.2, 0) is 42.1 Å². The normalized spacial score (nSPS) is 16.7. The lowest BCUT2D eigenvalue weighted by Gasteiger charge is -2.41. The number of hydrogen-bond acceptors (Lipinski definition) is 6. The van der Waals surface area contributed by atoms with E-state index in [1.807, 2.05) is 84.9 Å². The smallest absolute Gasteiger partial charge is 0.247 e. The predicted molar refractivity (Wildman–Crippen MR) is 162 cm³/mol. The van der Waals surface area contributed by atoms with Gasteiger partial charge in [-0.05, 0) is 42.6 Å². The Labute approximate surface area is 247 Å². The van der Waals surface area contributed by atoms with Crippen molar-refractivity contribution in [2.24, 2.45) is 0 Å². The van der Waals surface area contributed by atoms with E-state index in [1.165, 1.54) is 0 Å². The fourth-order valence-corrected chi connectivity index (χ4v) is 7.62. The number of nitrogens with one attached hydrogen (secondary N) is 2. The van der Waals surface area contributed by atoms with E-state index in [1.54, 1.807) is 16.3 Å². The van der Waals surface area contributed by atoms with Crippen molar-refractivity contribution in [2.75, 3.05) is 44.1 Å². The number of hydrogen-bond donors (Lipinski definition) is 2. The Morgan fingerprint density at radius 1 is 0.905 bits per heavy atom. The van der Waals surface area contributed by atoms with Crippen LogP contribution in [0.2, 0.25) is 0 Å². The van der Waals surface area contributed by atoms with Gasteiger partial charge in [0, 0.05) is 25.0 Å². The summed E-state index contributed by atoms with van der Waals surface area (Å²) in [6.45, 7) is 1.74. The fourth-order valence-electron chi connectivity index (χ4n) is 5.95. The molecule has 2 aliphatic rings. The van der Waals surface area contributed by atoms with E-state index < -0.39 is 16.1 Å². The third kappa shape index (κ3) is 6.67. The van der Waals surface area contributed by atoms with Gasteiger partial charge in [-0.15, -0.1) is 0 Å². The molecular weight excluding hydrogens is 552 g/mol. The van der Waals surface area contributed by atoms with E-state index in [0.717, 1.165) is 22.4 Å².